The van der Waals surface area contributed by atoms with Crippen molar-refractivity contribution >= 4 is 34.2 Å². The number of para-hydroxylation sites is 2. The molecule has 0 saturated carbocycles. The van der Waals surface area contributed by atoms with Crippen LogP contribution in [0.1, 0.15) is 12.8 Å². The first kappa shape index (κ1) is 20.3. The van der Waals surface area contributed by atoms with Crippen LogP contribution in [0.2, 0.25) is 5.02 Å². The topological polar surface area (TPSA) is 55.5 Å². The summed E-state index contributed by atoms with van der Waals surface area (Å²) in [4.78, 5) is 27.9. The maximum absolute atomic E-state index is 13.1. The highest BCUT2D eigenvalue weighted by Gasteiger charge is 2.31. The highest BCUT2D eigenvalue weighted by Crippen LogP contribution is 2.33. The molecule has 1 amide bonds. The second kappa shape index (κ2) is 8.52. The lowest BCUT2D eigenvalue weighted by Crippen LogP contribution is -2.51. The van der Waals surface area contributed by atoms with Gasteiger partial charge in [0, 0.05) is 50.5 Å². The van der Waals surface area contributed by atoms with Crippen molar-refractivity contribution in [3.05, 3.63) is 47.5 Å². The summed E-state index contributed by atoms with van der Waals surface area (Å²) in [6.07, 6.45) is 1.98. The summed E-state index contributed by atoms with van der Waals surface area (Å²) in [6, 6.07) is 14.1. The zero-order valence-electron chi connectivity index (χ0n) is 17.9. The number of hydrogen-bond donors (Lipinski definition) is 1. The minimum absolute atomic E-state index is 0.0579. The number of carbonyl (C=O) groups is 1. The number of piperazine rings is 1. The van der Waals surface area contributed by atoms with Gasteiger partial charge in [-0.15, -0.1) is 0 Å². The lowest BCUT2D eigenvalue weighted by molar-refractivity contribution is -0.137. The van der Waals surface area contributed by atoms with E-state index in [2.05, 4.69) is 38.9 Å². The van der Waals surface area contributed by atoms with Crippen LogP contribution in [0.15, 0.2) is 42.5 Å². The van der Waals surface area contributed by atoms with Crippen LogP contribution in [0.3, 0.4) is 0 Å². The molecule has 1 atom stereocenters. The molecule has 2 aliphatic heterocycles. The summed E-state index contributed by atoms with van der Waals surface area (Å²) in [6.45, 7) is 5.30. The van der Waals surface area contributed by atoms with Crippen molar-refractivity contribution in [3.8, 4) is 11.4 Å². The van der Waals surface area contributed by atoms with Crippen LogP contribution in [0.4, 0.5) is 5.69 Å². The van der Waals surface area contributed by atoms with Crippen molar-refractivity contribution in [2.24, 2.45) is 5.92 Å². The Morgan fingerprint density at radius 2 is 1.90 bits per heavy atom. The number of carbonyl (C=O) groups excluding carboxylic acids is 1. The molecule has 2 fully saturated rings. The van der Waals surface area contributed by atoms with E-state index in [0.717, 1.165) is 80.2 Å². The third kappa shape index (κ3) is 4.14. The SMILES string of the molecule is CN1CCN(C(=O)[C@H]2CCCN(c3ccc(Cl)c(-c4nc5ccccc5[nH]4)c3)C2)CC1. The van der Waals surface area contributed by atoms with E-state index in [-0.39, 0.29) is 5.92 Å². The molecule has 162 valence electrons. The molecule has 1 aromatic heterocycles. The second-order valence-electron chi connectivity index (χ2n) is 8.68. The van der Waals surface area contributed by atoms with Crippen LogP contribution >= 0.6 is 11.6 Å². The number of likely N-dealkylation sites (N-methyl/N-ethyl adjacent to an activating group) is 1. The highest BCUT2D eigenvalue weighted by atomic mass is 35.5. The quantitative estimate of drug-likeness (QED) is 0.675. The molecule has 2 saturated heterocycles. The van der Waals surface area contributed by atoms with E-state index in [1.165, 1.54) is 0 Å². The molecule has 2 aromatic carbocycles. The summed E-state index contributed by atoms with van der Waals surface area (Å²) >= 11 is 6.55. The van der Waals surface area contributed by atoms with Gasteiger partial charge in [-0.2, -0.15) is 0 Å². The third-order valence-electron chi connectivity index (χ3n) is 6.55. The van der Waals surface area contributed by atoms with E-state index >= 15 is 0 Å². The number of rotatable bonds is 3. The summed E-state index contributed by atoms with van der Waals surface area (Å²) in [5, 5.41) is 0.671. The Hall–Kier alpha value is -2.57. The molecular formula is C24H28ClN5O. The van der Waals surface area contributed by atoms with Gasteiger partial charge in [0.2, 0.25) is 5.91 Å². The van der Waals surface area contributed by atoms with Crippen molar-refractivity contribution in [3.63, 3.8) is 0 Å². The molecular weight excluding hydrogens is 410 g/mol. The van der Waals surface area contributed by atoms with E-state index in [1.54, 1.807) is 0 Å². The Morgan fingerprint density at radius 1 is 1.10 bits per heavy atom. The first-order valence-electron chi connectivity index (χ1n) is 11.1. The minimum Gasteiger partial charge on any atom is -0.371 e. The molecule has 1 N–H and O–H groups in total. The molecule has 0 unspecified atom stereocenters. The molecule has 31 heavy (non-hydrogen) atoms. The van der Waals surface area contributed by atoms with Gasteiger partial charge in [0.1, 0.15) is 5.82 Å². The number of benzene rings is 2. The Balaban J connectivity index is 1.36. The molecule has 0 aliphatic carbocycles. The highest BCUT2D eigenvalue weighted by molar-refractivity contribution is 6.33. The van der Waals surface area contributed by atoms with Crippen LogP contribution in [0, 0.1) is 5.92 Å². The lowest BCUT2D eigenvalue weighted by atomic mass is 9.95. The van der Waals surface area contributed by atoms with Crippen LogP contribution < -0.4 is 4.90 Å². The van der Waals surface area contributed by atoms with Crippen molar-refractivity contribution in [1.82, 2.24) is 19.8 Å². The van der Waals surface area contributed by atoms with Gasteiger partial charge in [0.15, 0.2) is 0 Å². The molecule has 0 bridgehead atoms. The van der Waals surface area contributed by atoms with Gasteiger partial charge in [0.25, 0.3) is 0 Å². The van der Waals surface area contributed by atoms with Gasteiger partial charge < -0.3 is 19.7 Å². The van der Waals surface area contributed by atoms with E-state index in [0.29, 0.717) is 10.9 Å². The van der Waals surface area contributed by atoms with Gasteiger partial charge in [0.05, 0.1) is 22.0 Å². The maximum atomic E-state index is 13.1. The van der Waals surface area contributed by atoms with Crippen LogP contribution in [-0.2, 0) is 4.79 Å². The van der Waals surface area contributed by atoms with Gasteiger partial charge in [-0.3, -0.25) is 4.79 Å². The third-order valence-corrected chi connectivity index (χ3v) is 6.87. The predicted octanol–water partition coefficient (Wildman–Crippen LogP) is 3.87. The molecule has 0 spiro atoms. The average Bonchev–Trinajstić information content (AvgIpc) is 3.23. The Labute approximate surface area is 187 Å². The summed E-state index contributed by atoms with van der Waals surface area (Å²) in [7, 11) is 2.12. The Kier molecular flexibility index (Phi) is 5.59. The number of halogens is 1. The largest absolute Gasteiger partial charge is 0.371 e. The summed E-state index contributed by atoms with van der Waals surface area (Å²) < 4.78 is 0. The van der Waals surface area contributed by atoms with E-state index in [1.807, 2.05) is 30.3 Å². The number of aromatic amines is 1. The number of H-pyrrole nitrogens is 1. The first-order valence-corrected chi connectivity index (χ1v) is 11.4. The number of fused-ring (bicyclic) bond motifs is 1. The van der Waals surface area contributed by atoms with Crippen LogP contribution in [-0.4, -0.2) is 72.0 Å². The lowest BCUT2D eigenvalue weighted by Gasteiger charge is -2.39. The summed E-state index contributed by atoms with van der Waals surface area (Å²) in [5.41, 5.74) is 3.91. The zero-order chi connectivity index (χ0) is 21.4. The van der Waals surface area contributed by atoms with E-state index in [4.69, 9.17) is 16.6 Å². The maximum Gasteiger partial charge on any atom is 0.227 e. The fraction of sp³-hybridized carbons (Fsp3) is 0.417. The minimum atomic E-state index is 0.0579. The zero-order valence-corrected chi connectivity index (χ0v) is 18.6. The molecule has 5 rings (SSSR count). The van der Waals surface area contributed by atoms with Crippen LogP contribution in [0.5, 0.6) is 0 Å². The molecule has 7 heteroatoms. The van der Waals surface area contributed by atoms with Crippen molar-refractivity contribution in [2.45, 2.75) is 12.8 Å². The number of anilines is 1. The number of amides is 1. The Morgan fingerprint density at radius 3 is 2.71 bits per heavy atom. The average molecular weight is 438 g/mol. The molecule has 3 aromatic rings. The van der Waals surface area contributed by atoms with Gasteiger partial charge in [-0.25, -0.2) is 4.98 Å². The van der Waals surface area contributed by atoms with E-state index < -0.39 is 0 Å². The number of hydrogen-bond acceptors (Lipinski definition) is 4. The number of imidazole rings is 1. The fourth-order valence-electron chi connectivity index (χ4n) is 4.67. The number of nitrogens with one attached hydrogen (secondary N) is 1. The van der Waals surface area contributed by atoms with E-state index in [9.17, 15) is 4.79 Å². The van der Waals surface area contributed by atoms with Crippen LogP contribution in [0.25, 0.3) is 22.4 Å². The Bertz CT molecular complexity index is 1060. The normalized spacial score (nSPS) is 20.4. The van der Waals surface area contributed by atoms with Crippen molar-refractivity contribution in [2.75, 3.05) is 51.2 Å². The van der Waals surface area contributed by atoms with Gasteiger partial charge in [-0.1, -0.05) is 23.7 Å². The summed E-state index contributed by atoms with van der Waals surface area (Å²) in [5.74, 6) is 1.14. The monoisotopic (exact) mass is 437 g/mol. The predicted molar refractivity (Wildman–Crippen MR) is 126 cm³/mol. The second-order valence-corrected chi connectivity index (χ2v) is 9.09. The van der Waals surface area contributed by atoms with Crippen molar-refractivity contribution < 1.29 is 4.79 Å². The van der Waals surface area contributed by atoms with Crippen molar-refractivity contribution in [1.29, 1.82) is 0 Å². The molecule has 2 aliphatic rings. The number of piperidine rings is 1. The number of nitrogens with zero attached hydrogens (tertiary/aromatic N) is 4. The molecule has 0 radical (unpaired) electrons. The molecule has 3 heterocycles. The van der Waals surface area contributed by atoms with Gasteiger partial charge in [-0.05, 0) is 50.2 Å². The number of aromatic nitrogens is 2. The first-order chi connectivity index (χ1) is 15.1. The van der Waals surface area contributed by atoms with Gasteiger partial charge >= 0.3 is 0 Å². The molecule has 6 nitrogen and oxygen atoms in total. The fourth-order valence-corrected chi connectivity index (χ4v) is 4.88. The smallest absolute Gasteiger partial charge is 0.227 e. The standard InChI is InChI=1S/C24H28ClN5O/c1-28-11-13-29(14-12-28)24(31)17-5-4-10-30(16-17)18-8-9-20(25)19(15-18)23-26-21-6-2-3-7-22(21)27-23/h2-3,6-9,15,17H,4-5,10-14,16H2,1H3,(H,26,27)/t17-/m0/s1.